The molecule has 0 amide bonds. The monoisotopic (exact) mass is 434 g/mol. The van der Waals surface area contributed by atoms with Crippen molar-refractivity contribution < 1.29 is 23.8 Å². The number of anilines is 1. The highest BCUT2D eigenvalue weighted by Crippen LogP contribution is 2.45. The maximum atomic E-state index is 13.1. The van der Waals surface area contributed by atoms with Gasteiger partial charge in [0.05, 0.1) is 10.7 Å². The molecule has 1 fully saturated rings. The largest absolute Gasteiger partial charge is 0.485 e. The highest BCUT2D eigenvalue weighted by Gasteiger charge is 2.32. The first-order chi connectivity index (χ1) is 14.4. The lowest BCUT2D eigenvalue weighted by molar-refractivity contribution is -0.147. The molecule has 160 valence electrons. The number of rotatable bonds is 5. The lowest BCUT2D eigenvalue weighted by Gasteiger charge is -2.33. The summed E-state index contributed by atoms with van der Waals surface area (Å²) in [5.74, 6) is -0.147. The molecule has 0 aromatic heterocycles. The first-order valence-corrected chi connectivity index (χ1v) is 10.4. The van der Waals surface area contributed by atoms with Crippen molar-refractivity contribution in [3.63, 3.8) is 0 Å². The minimum absolute atomic E-state index is 0.0630. The zero-order valence-electron chi connectivity index (χ0n) is 16.4. The third-order valence-electron chi connectivity index (χ3n) is 5.75. The highest BCUT2D eigenvalue weighted by atomic mass is 35.5. The normalized spacial score (nSPS) is 19.6. The maximum absolute atomic E-state index is 13.1. The number of likely N-dealkylation sites (tertiary alicyclic amines) is 1. The molecular formula is C22H24ClFN2O4. The van der Waals surface area contributed by atoms with Gasteiger partial charge in [-0.25, -0.2) is 9.18 Å². The first kappa shape index (κ1) is 20.8. The van der Waals surface area contributed by atoms with Crippen molar-refractivity contribution in [3.8, 4) is 11.5 Å². The van der Waals surface area contributed by atoms with E-state index in [1.54, 1.807) is 6.07 Å². The molecule has 6 nitrogen and oxygen atoms in total. The molecule has 4 rings (SSSR count). The second-order valence-corrected chi connectivity index (χ2v) is 8.30. The van der Waals surface area contributed by atoms with Crippen LogP contribution >= 0.6 is 11.6 Å². The Kier molecular flexibility index (Phi) is 6.01. The van der Waals surface area contributed by atoms with Crippen molar-refractivity contribution in [1.82, 2.24) is 4.90 Å². The quantitative estimate of drug-likeness (QED) is 0.697. The predicted molar refractivity (Wildman–Crippen MR) is 112 cm³/mol. The summed E-state index contributed by atoms with van der Waals surface area (Å²) < 4.78 is 24.4. The number of fused-ring (bicyclic) bond motifs is 1. The topological polar surface area (TPSA) is 85.0 Å². The van der Waals surface area contributed by atoms with Crippen LogP contribution in [-0.4, -0.2) is 41.8 Å². The smallest absolute Gasteiger partial charge is 0.348 e. The Morgan fingerprint density at radius 1 is 1.23 bits per heavy atom. The fraction of sp³-hybridized carbons (Fsp3) is 0.409. The number of carbonyl (C=O) groups is 1. The van der Waals surface area contributed by atoms with E-state index in [4.69, 9.17) is 26.8 Å². The molecule has 1 atom stereocenters. The van der Waals surface area contributed by atoms with Crippen LogP contribution in [0.1, 0.15) is 24.0 Å². The molecule has 1 saturated heterocycles. The second kappa shape index (κ2) is 8.70. The zero-order chi connectivity index (χ0) is 21.3. The van der Waals surface area contributed by atoms with E-state index in [1.807, 2.05) is 12.1 Å². The Bertz CT molecular complexity index is 930. The Labute approximate surface area is 179 Å². The number of piperidine rings is 1. The van der Waals surface area contributed by atoms with Crippen molar-refractivity contribution in [3.05, 3.63) is 52.3 Å². The average molecular weight is 435 g/mol. The number of carboxylic acids is 1. The number of aliphatic carboxylic acids is 1. The molecule has 2 aliphatic rings. The summed E-state index contributed by atoms with van der Waals surface area (Å²) in [6.07, 6.45) is 1.68. The number of nitrogen functional groups attached to an aromatic ring is 1. The molecule has 2 heterocycles. The number of hydrogen-bond acceptors (Lipinski definition) is 5. The van der Waals surface area contributed by atoms with Gasteiger partial charge in [-0.1, -0.05) is 23.7 Å². The number of nitrogens with two attached hydrogens (primary N) is 1. The van der Waals surface area contributed by atoms with E-state index in [-0.39, 0.29) is 23.9 Å². The van der Waals surface area contributed by atoms with Crippen molar-refractivity contribution in [2.45, 2.75) is 31.9 Å². The van der Waals surface area contributed by atoms with Crippen LogP contribution in [-0.2, 0) is 17.8 Å². The van der Waals surface area contributed by atoms with Gasteiger partial charge in [0.2, 0.25) is 6.10 Å². The number of benzene rings is 2. The van der Waals surface area contributed by atoms with E-state index < -0.39 is 12.1 Å². The highest BCUT2D eigenvalue weighted by molar-refractivity contribution is 6.33. The molecule has 2 aliphatic heterocycles. The Morgan fingerprint density at radius 2 is 1.93 bits per heavy atom. The molecule has 0 aliphatic carbocycles. The van der Waals surface area contributed by atoms with E-state index in [2.05, 4.69) is 4.90 Å². The summed E-state index contributed by atoms with van der Waals surface area (Å²) in [7, 11) is 0. The van der Waals surface area contributed by atoms with Gasteiger partial charge >= 0.3 is 5.97 Å². The minimum Gasteiger partial charge on any atom is -0.485 e. The van der Waals surface area contributed by atoms with Gasteiger partial charge in [0.15, 0.2) is 11.5 Å². The fourth-order valence-electron chi connectivity index (χ4n) is 4.06. The average Bonchev–Trinajstić information content (AvgIpc) is 2.74. The molecule has 30 heavy (non-hydrogen) atoms. The van der Waals surface area contributed by atoms with Gasteiger partial charge < -0.3 is 20.3 Å². The standard InChI is InChI=1S/C22H24ClFN2O4/c23-17-10-15(20-21(19(17)25)30-18(12-29-20)22(27)28)9-13-5-7-26(8-6-13)11-14-1-3-16(24)4-2-14/h1-4,10,13,18H,5-9,11-12,25H2,(H,27,28). The van der Waals surface area contributed by atoms with Crippen LogP contribution in [0.3, 0.4) is 0 Å². The van der Waals surface area contributed by atoms with Crippen molar-refractivity contribution in [2.75, 3.05) is 25.4 Å². The third-order valence-corrected chi connectivity index (χ3v) is 6.06. The molecule has 8 heteroatoms. The van der Waals surface area contributed by atoms with E-state index in [9.17, 15) is 14.3 Å². The summed E-state index contributed by atoms with van der Waals surface area (Å²) >= 11 is 6.28. The Morgan fingerprint density at radius 3 is 2.60 bits per heavy atom. The van der Waals surface area contributed by atoms with Crippen LogP contribution in [0.5, 0.6) is 11.5 Å². The number of halogens is 2. The van der Waals surface area contributed by atoms with Crippen LogP contribution in [0.4, 0.5) is 10.1 Å². The van der Waals surface area contributed by atoms with Gasteiger partial charge in [0.1, 0.15) is 12.4 Å². The summed E-state index contributed by atoms with van der Waals surface area (Å²) in [5, 5.41) is 9.54. The predicted octanol–water partition coefficient (Wildman–Crippen LogP) is 3.74. The molecule has 0 bridgehead atoms. The molecule has 0 radical (unpaired) electrons. The number of nitrogens with zero attached hydrogens (tertiary/aromatic N) is 1. The zero-order valence-corrected chi connectivity index (χ0v) is 17.2. The minimum atomic E-state index is -1.10. The van der Waals surface area contributed by atoms with Crippen LogP contribution in [0.25, 0.3) is 0 Å². The van der Waals surface area contributed by atoms with Crippen LogP contribution in [0.15, 0.2) is 30.3 Å². The maximum Gasteiger partial charge on any atom is 0.348 e. The van der Waals surface area contributed by atoms with Crippen LogP contribution in [0, 0.1) is 11.7 Å². The van der Waals surface area contributed by atoms with Crippen molar-refractivity contribution in [1.29, 1.82) is 0 Å². The number of hydrogen-bond donors (Lipinski definition) is 2. The van der Waals surface area contributed by atoms with Gasteiger partial charge in [-0.05, 0) is 67.6 Å². The molecule has 0 spiro atoms. The van der Waals surface area contributed by atoms with Gasteiger partial charge in [0.25, 0.3) is 0 Å². The van der Waals surface area contributed by atoms with E-state index >= 15 is 0 Å². The molecule has 0 saturated carbocycles. The summed E-state index contributed by atoms with van der Waals surface area (Å²) in [6.45, 7) is 2.65. The van der Waals surface area contributed by atoms with Gasteiger partial charge in [-0.15, -0.1) is 0 Å². The van der Waals surface area contributed by atoms with Gasteiger partial charge in [0, 0.05) is 6.54 Å². The molecule has 2 aromatic carbocycles. The number of ether oxygens (including phenoxy) is 2. The lowest BCUT2D eigenvalue weighted by atomic mass is 9.89. The summed E-state index contributed by atoms with van der Waals surface area (Å²) in [4.78, 5) is 13.6. The van der Waals surface area contributed by atoms with E-state index in [1.165, 1.54) is 12.1 Å². The summed E-state index contributed by atoms with van der Waals surface area (Å²) in [5.41, 5.74) is 8.21. The lowest BCUT2D eigenvalue weighted by Crippen LogP contribution is -2.37. The molecule has 3 N–H and O–H groups in total. The van der Waals surface area contributed by atoms with Crippen LogP contribution < -0.4 is 15.2 Å². The first-order valence-electron chi connectivity index (χ1n) is 10.0. The number of carboxylic acid groups (broad SMARTS) is 1. The third kappa shape index (κ3) is 4.47. The van der Waals surface area contributed by atoms with Crippen LogP contribution in [0.2, 0.25) is 5.02 Å². The van der Waals surface area contributed by atoms with Gasteiger partial charge in [-0.2, -0.15) is 0 Å². The van der Waals surface area contributed by atoms with Crippen molar-refractivity contribution in [2.24, 2.45) is 5.92 Å². The van der Waals surface area contributed by atoms with Gasteiger partial charge in [-0.3, -0.25) is 4.90 Å². The Balaban J connectivity index is 1.41. The molecule has 1 unspecified atom stereocenters. The van der Waals surface area contributed by atoms with E-state index in [0.29, 0.717) is 16.7 Å². The molecular weight excluding hydrogens is 411 g/mol. The second-order valence-electron chi connectivity index (χ2n) is 7.90. The van der Waals surface area contributed by atoms with E-state index in [0.717, 1.165) is 50.0 Å². The molecule has 2 aromatic rings. The fourth-order valence-corrected chi connectivity index (χ4v) is 4.28. The Hall–Kier alpha value is -2.51. The summed E-state index contributed by atoms with van der Waals surface area (Å²) in [6, 6.07) is 8.43. The van der Waals surface area contributed by atoms with Crippen molar-refractivity contribution >= 4 is 23.3 Å². The SMILES string of the molecule is Nc1c(Cl)cc(CC2CCN(Cc3ccc(F)cc3)CC2)c2c1OC(C(=O)O)CO2.